The first-order valence-corrected chi connectivity index (χ1v) is 8.70. The van der Waals surface area contributed by atoms with E-state index in [9.17, 15) is 4.79 Å². The molecule has 0 spiro atoms. The number of H-pyrrole nitrogens is 1. The standard InChI is InChI=1S/C19H16Cl2N2O/c20-13-4-7-16(17(21)10-13)19(24)23(14-5-6-14)11-12-2-1-3-18-15(12)8-9-22-18/h1-4,7-10,14,22H,5-6,11H2. The molecule has 1 heterocycles. The van der Waals surface area contributed by atoms with Gasteiger partial charge in [0.2, 0.25) is 0 Å². The number of aromatic amines is 1. The number of benzene rings is 2. The molecule has 1 aromatic heterocycles. The summed E-state index contributed by atoms with van der Waals surface area (Å²) in [5, 5.41) is 2.09. The van der Waals surface area contributed by atoms with Crippen LogP contribution in [0.1, 0.15) is 28.8 Å². The average molecular weight is 359 g/mol. The Morgan fingerprint density at radius 2 is 2.00 bits per heavy atom. The maximum absolute atomic E-state index is 13.0. The van der Waals surface area contributed by atoms with E-state index in [0.29, 0.717) is 28.2 Å². The third kappa shape index (κ3) is 2.90. The average Bonchev–Trinajstić information content (AvgIpc) is 3.28. The molecule has 24 heavy (non-hydrogen) atoms. The van der Waals surface area contributed by atoms with Crippen molar-refractivity contribution in [2.24, 2.45) is 0 Å². The molecule has 0 aliphatic heterocycles. The van der Waals surface area contributed by atoms with Crippen LogP contribution in [0.25, 0.3) is 10.9 Å². The quantitative estimate of drug-likeness (QED) is 0.676. The molecule has 1 saturated carbocycles. The van der Waals surface area contributed by atoms with Crippen molar-refractivity contribution in [1.82, 2.24) is 9.88 Å². The summed E-state index contributed by atoms with van der Waals surface area (Å²) in [6.07, 6.45) is 4.01. The Balaban J connectivity index is 1.67. The zero-order valence-electron chi connectivity index (χ0n) is 12.9. The van der Waals surface area contributed by atoms with Crippen molar-refractivity contribution in [2.75, 3.05) is 0 Å². The molecule has 2 aromatic carbocycles. The lowest BCUT2D eigenvalue weighted by Gasteiger charge is -2.23. The molecule has 1 aliphatic carbocycles. The predicted molar refractivity (Wildman–Crippen MR) is 97.7 cm³/mol. The van der Waals surface area contributed by atoms with Gasteiger partial charge in [0.05, 0.1) is 10.6 Å². The minimum atomic E-state index is -0.0355. The van der Waals surface area contributed by atoms with Gasteiger partial charge in [0.15, 0.2) is 0 Å². The number of amides is 1. The van der Waals surface area contributed by atoms with Gasteiger partial charge in [-0.15, -0.1) is 0 Å². The van der Waals surface area contributed by atoms with E-state index in [1.807, 2.05) is 23.2 Å². The van der Waals surface area contributed by atoms with Crippen LogP contribution >= 0.6 is 23.2 Å². The monoisotopic (exact) mass is 358 g/mol. The van der Waals surface area contributed by atoms with Crippen molar-refractivity contribution in [3.8, 4) is 0 Å². The summed E-state index contributed by atoms with van der Waals surface area (Å²) >= 11 is 12.2. The van der Waals surface area contributed by atoms with Crippen LogP contribution in [0.2, 0.25) is 10.0 Å². The van der Waals surface area contributed by atoms with Gasteiger partial charge in [-0.05, 0) is 48.7 Å². The van der Waals surface area contributed by atoms with Crippen LogP contribution in [-0.2, 0) is 6.54 Å². The van der Waals surface area contributed by atoms with Gasteiger partial charge in [-0.2, -0.15) is 0 Å². The van der Waals surface area contributed by atoms with Crippen LogP contribution in [0, 0.1) is 0 Å². The lowest BCUT2D eigenvalue weighted by molar-refractivity contribution is 0.0731. The van der Waals surface area contributed by atoms with Crippen LogP contribution in [0.5, 0.6) is 0 Å². The van der Waals surface area contributed by atoms with Crippen molar-refractivity contribution in [1.29, 1.82) is 0 Å². The van der Waals surface area contributed by atoms with E-state index in [1.54, 1.807) is 18.2 Å². The molecule has 1 aliphatic rings. The normalized spacial score (nSPS) is 14.1. The third-order valence-corrected chi connectivity index (χ3v) is 4.98. The lowest BCUT2D eigenvalue weighted by Crippen LogP contribution is -2.32. The Labute approximate surface area is 150 Å². The molecular formula is C19H16Cl2N2O. The van der Waals surface area contributed by atoms with Crippen molar-refractivity contribution in [3.05, 3.63) is 69.8 Å². The molecule has 122 valence electrons. The van der Waals surface area contributed by atoms with E-state index in [4.69, 9.17) is 23.2 Å². The Morgan fingerprint density at radius 1 is 1.17 bits per heavy atom. The molecule has 1 N–H and O–H groups in total. The largest absolute Gasteiger partial charge is 0.361 e. The van der Waals surface area contributed by atoms with E-state index < -0.39 is 0 Å². The van der Waals surface area contributed by atoms with Gasteiger partial charge < -0.3 is 9.88 Å². The molecule has 0 saturated heterocycles. The number of fused-ring (bicyclic) bond motifs is 1. The molecule has 3 aromatic rings. The maximum atomic E-state index is 13.0. The molecule has 1 fully saturated rings. The van der Waals surface area contributed by atoms with Crippen molar-refractivity contribution in [2.45, 2.75) is 25.4 Å². The van der Waals surface area contributed by atoms with Crippen LogP contribution in [-0.4, -0.2) is 21.8 Å². The minimum Gasteiger partial charge on any atom is -0.361 e. The van der Waals surface area contributed by atoms with Crippen LogP contribution in [0.15, 0.2) is 48.7 Å². The molecule has 0 bridgehead atoms. The SMILES string of the molecule is O=C(c1ccc(Cl)cc1Cl)N(Cc1cccc2[nH]ccc12)C1CC1. The maximum Gasteiger partial charge on any atom is 0.255 e. The number of nitrogens with one attached hydrogen (secondary N) is 1. The van der Waals surface area contributed by atoms with Crippen molar-refractivity contribution >= 4 is 40.0 Å². The molecule has 5 heteroatoms. The fourth-order valence-electron chi connectivity index (χ4n) is 3.04. The van der Waals surface area contributed by atoms with Gasteiger partial charge in [0.25, 0.3) is 5.91 Å². The number of carbonyl (C=O) groups excluding carboxylic acids is 1. The Kier molecular flexibility index (Phi) is 3.99. The van der Waals surface area contributed by atoms with Gasteiger partial charge >= 0.3 is 0 Å². The van der Waals surface area contributed by atoms with Gasteiger partial charge in [-0.3, -0.25) is 4.79 Å². The fourth-order valence-corrected chi connectivity index (χ4v) is 3.53. The van der Waals surface area contributed by atoms with E-state index in [1.165, 1.54) is 0 Å². The van der Waals surface area contributed by atoms with E-state index in [0.717, 1.165) is 29.3 Å². The van der Waals surface area contributed by atoms with Gasteiger partial charge in [-0.25, -0.2) is 0 Å². The Morgan fingerprint density at radius 3 is 2.75 bits per heavy atom. The molecule has 0 unspecified atom stereocenters. The first-order chi connectivity index (χ1) is 11.6. The number of nitrogens with zero attached hydrogens (tertiary/aromatic N) is 1. The second kappa shape index (κ2) is 6.15. The summed E-state index contributed by atoms with van der Waals surface area (Å²) in [6.45, 7) is 0.581. The smallest absolute Gasteiger partial charge is 0.255 e. The van der Waals surface area contributed by atoms with Gasteiger partial charge in [0, 0.05) is 34.7 Å². The second-order valence-corrected chi connectivity index (χ2v) is 6.99. The van der Waals surface area contributed by atoms with E-state index in [2.05, 4.69) is 17.1 Å². The van der Waals surface area contributed by atoms with Crippen molar-refractivity contribution in [3.63, 3.8) is 0 Å². The zero-order chi connectivity index (χ0) is 16.7. The highest BCUT2D eigenvalue weighted by molar-refractivity contribution is 6.36. The number of carbonyl (C=O) groups is 1. The van der Waals surface area contributed by atoms with Crippen LogP contribution in [0.4, 0.5) is 0 Å². The Bertz CT molecular complexity index is 915. The van der Waals surface area contributed by atoms with E-state index in [-0.39, 0.29) is 5.91 Å². The molecule has 0 atom stereocenters. The van der Waals surface area contributed by atoms with Gasteiger partial charge in [0.1, 0.15) is 0 Å². The summed E-state index contributed by atoms with van der Waals surface area (Å²) in [5.74, 6) is -0.0355. The number of hydrogen-bond donors (Lipinski definition) is 1. The number of halogens is 2. The first-order valence-electron chi connectivity index (χ1n) is 7.94. The molecule has 0 radical (unpaired) electrons. The molecule has 4 rings (SSSR count). The Hall–Kier alpha value is -1.97. The zero-order valence-corrected chi connectivity index (χ0v) is 14.4. The molecular weight excluding hydrogens is 343 g/mol. The summed E-state index contributed by atoms with van der Waals surface area (Å²) < 4.78 is 0. The van der Waals surface area contributed by atoms with Crippen molar-refractivity contribution < 1.29 is 4.79 Å². The van der Waals surface area contributed by atoms with E-state index >= 15 is 0 Å². The highest BCUT2D eigenvalue weighted by Gasteiger charge is 2.34. The number of rotatable bonds is 4. The van der Waals surface area contributed by atoms with Crippen LogP contribution in [0.3, 0.4) is 0 Å². The van der Waals surface area contributed by atoms with Crippen LogP contribution < -0.4 is 0 Å². The molecule has 1 amide bonds. The lowest BCUT2D eigenvalue weighted by atomic mass is 10.1. The number of aromatic nitrogens is 1. The topological polar surface area (TPSA) is 36.1 Å². The first kappa shape index (κ1) is 15.6. The number of hydrogen-bond acceptors (Lipinski definition) is 1. The van der Waals surface area contributed by atoms with Gasteiger partial charge in [-0.1, -0.05) is 35.3 Å². The summed E-state index contributed by atoms with van der Waals surface area (Å²) in [4.78, 5) is 18.2. The predicted octanol–water partition coefficient (Wildman–Crippen LogP) is 5.28. The fraction of sp³-hybridized carbons (Fsp3) is 0.211. The summed E-state index contributed by atoms with van der Waals surface area (Å²) in [5.41, 5.74) is 2.73. The highest BCUT2D eigenvalue weighted by atomic mass is 35.5. The summed E-state index contributed by atoms with van der Waals surface area (Å²) in [6, 6.07) is 13.5. The highest BCUT2D eigenvalue weighted by Crippen LogP contribution is 2.33. The molecule has 3 nitrogen and oxygen atoms in total. The summed E-state index contributed by atoms with van der Waals surface area (Å²) in [7, 11) is 0. The minimum absolute atomic E-state index is 0.0355. The third-order valence-electron chi connectivity index (χ3n) is 4.44. The second-order valence-electron chi connectivity index (χ2n) is 6.14.